The third-order valence-corrected chi connectivity index (χ3v) is 17.4. The summed E-state index contributed by atoms with van der Waals surface area (Å²) < 4.78 is 22.9. The molecule has 15 nitrogen and oxygen atoms in total. The quantitative estimate of drug-likeness (QED) is 0.128. The molecule has 0 bridgehead atoms. The van der Waals surface area contributed by atoms with Crippen molar-refractivity contribution in [1.29, 1.82) is 0 Å². The minimum absolute atomic E-state index is 0.174. The maximum atomic E-state index is 14.8. The lowest BCUT2D eigenvalue weighted by Gasteiger charge is -2.71. The Labute approximate surface area is 335 Å². The second-order valence-corrected chi connectivity index (χ2v) is 20.8. The molecule has 20 unspecified atom stereocenters. The largest absolute Gasteiger partial charge is 0.432 e. The molecule has 0 aromatic rings. The molecule has 2 aliphatic heterocycles. The summed E-state index contributed by atoms with van der Waals surface area (Å²) in [5.41, 5.74) is -2.15. The molecular weight excluding hydrogens is 744 g/mol. The van der Waals surface area contributed by atoms with E-state index in [9.17, 15) is 55.9 Å². The van der Waals surface area contributed by atoms with Gasteiger partial charge in [-0.05, 0) is 90.3 Å². The predicted molar refractivity (Wildman–Crippen MR) is 200 cm³/mol. The van der Waals surface area contributed by atoms with Gasteiger partial charge in [-0.25, -0.2) is 0 Å². The highest BCUT2D eigenvalue weighted by atomic mass is 16.7. The Bertz CT molecular complexity index is 1550. The van der Waals surface area contributed by atoms with Crippen LogP contribution in [0.15, 0.2) is 11.6 Å². The molecule has 57 heavy (non-hydrogen) atoms. The lowest BCUT2D eigenvalue weighted by atomic mass is 9.33. The van der Waals surface area contributed by atoms with E-state index < -0.39 is 126 Å². The molecule has 2 heterocycles. The fourth-order valence-corrected chi connectivity index (χ4v) is 13.5. The first-order chi connectivity index (χ1) is 26.4. The number of aliphatic hydroxyl groups excluding tert-OH is 10. The molecule has 15 heteroatoms. The average Bonchev–Trinajstić information content (AvgIpc) is 3.15. The van der Waals surface area contributed by atoms with E-state index in [1.165, 1.54) is 0 Å². The van der Waals surface area contributed by atoms with Gasteiger partial charge in [0.05, 0.1) is 36.9 Å². The van der Waals surface area contributed by atoms with Crippen LogP contribution >= 0.6 is 0 Å². The van der Waals surface area contributed by atoms with Gasteiger partial charge in [0.2, 0.25) is 6.29 Å². The van der Waals surface area contributed by atoms with Crippen molar-refractivity contribution in [2.45, 2.75) is 180 Å². The van der Waals surface area contributed by atoms with Crippen LogP contribution < -0.4 is 0 Å². The smallest absolute Gasteiger partial charge is 0.315 e. The van der Waals surface area contributed by atoms with E-state index in [1.807, 2.05) is 13.8 Å². The summed E-state index contributed by atoms with van der Waals surface area (Å²) in [5.74, 6) is -0.958. The number of carbonyl (C=O) groups excluding carboxylic acids is 1. The molecule has 0 amide bonds. The van der Waals surface area contributed by atoms with Crippen molar-refractivity contribution < 1.29 is 74.8 Å². The number of aliphatic hydroxyl groups is 10. The van der Waals surface area contributed by atoms with Crippen molar-refractivity contribution in [1.82, 2.24) is 0 Å². The van der Waals surface area contributed by atoms with Gasteiger partial charge >= 0.3 is 5.97 Å². The number of allylic oxidation sites excluding steroid dienone is 1. The van der Waals surface area contributed by atoms with E-state index in [-0.39, 0.29) is 22.7 Å². The van der Waals surface area contributed by atoms with Gasteiger partial charge in [-0.1, -0.05) is 60.1 Å². The number of esters is 1. The zero-order valence-corrected chi connectivity index (χ0v) is 34.4. The lowest BCUT2D eigenvalue weighted by Crippen LogP contribution is -2.68. The van der Waals surface area contributed by atoms with Crippen LogP contribution in [0.4, 0.5) is 0 Å². The molecule has 0 spiro atoms. The Hall–Kier alpha value is -1.31. The molecule has 10 N–H and O–H groups in total. The number of hydrogen-bond acceptors (Lipinski definition) is 15. The van der Waals surface area contributed by atoms with Gasteiger partial charge in [0.25, 0.3) is 0 Å². The third-order valence-electron chi connectivity index (χ3n) is 17.4. The second kappa shape index (κ2) is 14.7. The van der Waals surface area contributed by atoms with Gasteiger partial charge < -0.3 is 70.0 Å². The summed E-state index contributed by atoms with van der Waals surface area (Å²) in [6, 6.07) is 0. The fourth-order valence-electron chi connectivity index (χ4n) is 13.5. The number of hydrogen-bond donors (Lipinski definition) is 10. The maximum absolute atomic E-state index is 14.8. The zero-order valence-electron chi connectivity index (χ0n) is 34.4. The first-order valence-electron chi connectivity index (χ1n) is 21.0. The summed E-state index contributed by atoms with van der Waals surface area (Å²) in [5, 5.41) is 108. The van der Waals surface area contributed by atoms with Crippen LogP contribution in [0.25, 0.3) is 0 Å². The molecule has 7 aliphatic rings. The summed E-state index contributed by atoms with van der Waals surface area (Å²) >= 11 is 0. The number of carbonyl (C=O) groups is 1. The predicted octanol–water partition coefficient (Wildman–Crippen LogP) is 0.258. The number of rotatable bonds is 6. The van der Waals surface area contributed by atoms with Crippen molar-refractivity contribution in [2.24, 2.45) is 50.2 Å². The van der Waals surface area contributed by atoms with Crippen LogP contribution in [0.3, 0.4) is 0 Å². The Morgan fingerprint density at radius 1 is 0.719 bits per heavy atom. The number of fused-ring (bicyclic) bond motifs is 7. The Kier molecular flexibility index (Phi) is 11.3. The van der Waals surface area contributed by atoms with E-state index in [0.717, 1.165) is 18.4 Å². The highest BCUT2D eigenvalue weighted by molar-refractivity contribution is 5.79. The summed E-state index contributed by atoms with van der Waals surface area (Å²) in [7, 11) is 0. The first-order valence-corrected chi connectivity index (χ1v) is 21.0. The van der Waals surface area contributed by atoms with Crippen molar-refractivity contribution in [3.8, 4) is 0 Å². The highest BCUT2D eigenvalue weighted by Crippen LogP contribution is 2.76. The molecule has 0 aromatic heterocycles. The normalized spacial score (nSPS) is 54.3. The highest BCUT2D eigenvalue weighted by Gasteiger charge is 2.71. The maximum Gasteiger partial charge on any atom is 0.315 e. The van der Waals surface area contributed by atoms with Crippen molar-refractivity contribution in [3.05, 3.63) is 11.6 Å². The van der Waals surface area contributed by atoms with Gasteiger partial charge in [-0.15, -0.1) is 0 Å². The molecule has 0 radical (unpaired) electrons. The Morgan fingerprint density at radius 3 is 1.96 bits per heavy atom. The minimum Gasteiger partial charge on any atom is -0.432 e. The van der Waals surface area contributed by atoms with Gasteiger partial charge in [0, 0.05) is 5.92 Å². The van der Waals surface area contributed by atoms with E-state index in [4.69, 9.17) is 18.9 Å². The minimum atomic E-state index is -1.85. The van der Waals surface area contributed by atoms with E-state index in [1.54, 1.807) is 0 Å². The molecule has 4 saturated carbocycles. The summed E-state index contributed by atoms with van der Waals surface area (Å²) in [4.78, 5) is 14.8. The van der Waals surface area contributed by atoms with Crippen LogP contribution in [0, 0.1) is 50.2 Å². The molecule has 0 aromatic carbocycles. The molecule has 2 saturated heterocycles. The van der Waals surface area contributed by atoms with Crippen molar-refractivity contribution in [2.75, 3.05) is 13.2 Å². The van der Waals surface area contributed by atoms with Gasteiger partial charge in [-0.3, -0.25) is 4.79 Å². The monoisotopic (exact) mass is 812 g/mol. The van der Waals surface area contributed by atoms with Crippen LogP contribution in [-0.4, -0.2) is 150 Å². The summed E-state index contributed by atoms with van der Waals surface area (Å²) in [6.07, 6.45) is -11.9. The lowest BCUT2D eigenvalue weighted by molar-refractivity contribution is -0.328. The van der Waals surface area contributed by atoms with Gasteiger partial charge in [0.1, 0.15) is 48.8 Å². The second-order valence-electron chi connectivity index (χ2n) is 20.8. The molecular formula is C42H68O15. The van der Waals surface area contributed by atoms with E-state index >= 15 is 0 Å². The van der Waals surface area contributed by atoms with Crippen LogP contribution in [0.2, 0.25) is 0 Å². The van der Waals surface area contributed by atoms with Crippen molar-refractivity contribution in [3.63, 3.8) is 0 Å². The third kappa shape index (κ3) is 6.35. The molecule has 20 atom stereocenters. The van der Waals surface area contributed by atoms with Gasteiger partial charge in [0.15, 0.2) is 6.29 Å². The number of ether oxygens (including phenoxy) is 4. The molecule has 7 rings (SSSR count). The SMILES string of the molecule is CC1(C)CCC2(C(=O)OC3OC(COC4OC(CO)C(O)C(O)C4O)C(O)C(O)C3O)CCC3(C)C(=CCC4C5(C)CC(O)C(O)C(C)(C)C5CCC43C)C2C1O. The summed E-state index contributed by atoms with van der Waals surface area (Å²) in [6.45, 7) is 13.8. The molecule has 5 aliphatic carbocycles. The standard InChI is InChI=1S/C42H68O15/c1-37(2)12-14-42(36(53)57-35-31(50)29(48)27(46)22(56-35)18-54-34-30(49)28(47)26(45)21(17-43)55-34)15-13-40(6)19(25(42)33(37)52)8-9-24-39(5)16-20(44)32(51)38(3,4)23(39)10-11-41(24,40)7/h8,20-35,43-52H,9-18H2,1-7H3. The van der Waals surface area contributed by atoms with Crippen LogP contribution in [0.1, 0.15) is 99.8 Å². The fraction of sp³-hybridized carbons (Fsp3) is 0.929. The van der Waals surface area contributed by atoms with E-state index in [0.29, 0.717) is 38.5 Å². The van der Waals surface area contributed by atoms with Gasteiger partial charge in [-0.2, -0.15) is 0 Å². The van der Waals surface area contributed by atoms with Crippen LogP contribution in [0.5, 0.6) is 0 Å². The van der Waals surface area contributed by atoms with Crippen molar-refractivity contribution >= 4 is 5.97 Å². The van der Waals surface area contributed by atoms with E-state index in [2.05, 4.69) is 40.7 Å². The average molecular weight is 813 g/mol. The first kappa shape index (κ1) is 43.8. The van der Waals surface area contributed by atoms with Crippen LogP contribution in [-0.2, 0) is 23.7 Å². The zero-order chi connectivity index (χ0) is 42.0. The Balaban J connectivity index is 1.16. The topological polar surface area (TPSA) is 256 Å². The Morgan fingerprint density at radius 2 is 1.32 bits per heavy atom. The molecule has 326 valence electrons. The molecule has 6 fully saturated rings.